The molecule has 3 rings (SSSR count). The van der Waals surface area contributed by atoms with Crippen molar-refractivity contribution in [1.29, 1.82) is 0 Å². The maximum atomic E-state index is 6.10. The Bertz CT molecular complexity index is 366. The molecule has 1 fully saturated rings. The topological polar surface area (TPSA) is 40.2 Å². The van der Waals surface area contributed by atoms with Crippen LogP contribution in [-0.4, -0.2) is 16.7 Å². The fraction of sp³-hybridized carbons (Fsp3) is 0.667. The first-order valence-corrected chi connectivity index (χ1v) is 5.80. The van der Waals surface area contributed by atoms with E-state index >= 15 is 0 Å². The first kappa shape index (κ1) is 9.43. The van der Waals surface area contributed by atoms with Gasteiger partial charge in [0.05, 0.1) is 13.2 Å². The smallest absolute Gasteiger partial charge is 0.0871 e. The molecule has 0 saturated heterocycles. The summed E-state index contributed by atoms with van der Waals surface area (Å²) in [6.45, 7) is 2.63. The zero-order valence-corrected chi connectivity index (χ0v) is 9.04. The Morgan fingerprint density at radius 2 is 2.33 bits per heavy atom. The zero-order chi connectivity index (χ0) is 10.3. The van der Waals surface area contributed by atoms with Gasteiger partial charge in [0.15, 0.2) is 0 Å². The van der Waals surface area contributed by atoms with Gasteiger partial charge in [0.2, 0.25) is 0 Å². The molecule has 0 amide bonds. The fourth-order valence-electron chi connectivity index (χ4n) is 2.29. The third-order valence-electron chi connectivity index (χ3n) is 3.67. The SMILES string of the molecule is NC1(CCc2ccn3c2COCC3)CC1. The first-order valence-electron chi connectivity index (χ1n) is 5.80. The molecule has 82 valence electrons. The highest BCUT2D eigenvalue weighted by Crippen LogP contribution is 2.37. The molecule has 0 unspecified atom stereocenters. The van der Waals surface area contributed by atoms with E-state index in [1.807, 2.05) is 0 Å². The van der Waals surface area contributed by atoms with Crippen LogP contribution in [0, 0.1) is 0 Å². The Labute approximate surface area is 90.2 Å². The molecule has 1 aliphatic carbocycles. The van der Waals surface area contributed by atoms with Crippen LogP contribution in [0.1, 0.15) is 30.5 Å². The Morgan fingerprint density at radius 3 is 3.13 bits per heavy atom. The Balaban J connectivity index is 1.71. The van der Waals surface area contributed by atoms with Crippen LogP contribution in [0.15, 0.2) is 12.3 Å². The van der Waals surface area contributed by atoms with Gasteiger partial charge < -0.3 is 15.0 Å². The van der Waals surface area contributed by atoms with E-state index in [2.05, 4.69) is 16.8 Å². The van der Waals surface area contributed by atoms with Gasteiger partial charge in [-0.1, -0.05) is 0 Å². The third kappa shape index (κ3) is 1.82. The number of aryl methyl sites for hydroxylation is 1. The van der Waals surface area contributed by atoms with E-state index in [-0.39, 0.29) is 5.54 Å². The van der Waals surface area contributed by atoms with Crippen molar-refractivity contribution in [3.8, 4) is 0 Å². The standard InChI is InChI=1S/C12H18N2O/c13-12(4-5-12)3-1-10-2-6-14-7-8-15-9-11(10)14/h2,6H,1,3-5,7-9,13H2. The lowest BCUT2D eigenvalue weighted by molar-refractivity contribution is 0.0842. The molecule has 1 aromatic heterocycles. The minimum Gasteiger partial charge on any atom is -0.373 e. The van der Waals surface area contributed by atoms with Gasteiger partial charge in [0.1, 0.15) is 0 Å². The van der Waals surface area contributed by atoms with Crippen LogP contribution in [0.25, 0.3) is 0 Å². The summed E-state index contributed by atoms with van der Waals surface area (Å²) in [5.41, 5.74) is 9.07. The highest BCUT2D eigenvalue weighted by Gasteiger charge is 2.37. The summed E-state index contributed by atoms with van der Waals surface area (Å²) in [5.74, 6) is 0. The number of hydrogen-bond donors (Lipinski definition) is 1. The molecule has 15 heavy (non-hydrogen) atoms. The van der Waals surface area contributed by atoms with Gasteiger partial charge in [-0.15, -0.1) is 0 Å². The number of fused-ring (bicyclic) bond motifs is 1. The maximum Gasteiger partial charge on any atom is 0.0871 e. The number of ether oxygens (including phenoxy) is 1. The van der Waals surface area contributed by atoms with Crippen LogP contribution in [0.5, 0.6) is 0 Å². The van der Waals surface area contributed by atoms with Gasteiger partial charge in [-0.25, -0.2) is 0 Å². The predicted octanol–water partition coefficient (Wildman–Crippen LogP) is 1.44. The van der Waals surface area contributed by atoms with Gasteiger partial charge in [-0.3, -0.25) is 0 Å². The van der Waals surface area contributed by atoms with Crippen molar-refractivity contribution < 1.29 is 4.74 Å². The molecule has 0 spiro atoms. The highest BCUT2D eigenvalue weighted by molar-refractivity contribution is 5.23. The van der Waals surface area contributed by atoms with Crippen LogP contribution in [0.2, 0.25) is 0 Å². The molecule has 1 aromatic rings. The number of rotatable bonds is 3. The molecule has 2 aliphatic rings. The van der Waals surface area contributed by atoms with Gasteiger partial charge in [-0.05, 0) is 37.3 Å². The molecule has 2 heterocycles. The van der Waals surface area contributed by atoms with E-state index in [9.17, 15) is 0 Å². The summed E-state index contributed by atoms with van der Waals surface area (Å²) in [4.78, 5) is 0. The van der Waals surface area contributed by atoms with Crippen molar-refractivity contribution >= 4 is 0 Å². The van der Waals surface area contributed by atoms with E-state index in [1.165, 1.54) is 24.1 Å². The Kier molecular flexibility index (Phi) is 2.11. The van der Waals surface area contributed by atoms with E-state index in [1.54, 1.807) is 0 Å². The monoisotopic (exact) mass is 206 g/mol. The quantitative estimate of drug-likeness (QED) is 0.813. The Morgan fingerprint density at radius 1 is 1.47 bits per heavy atom. The van der Waals surface area contributed by atoms with Gasteiger partial charge in [-0.2, -0.15) is 0 Å². The number of nitrogens with two attached hydrogens (primary N) is 1. The third-order valence-corrected chi connectivity index (χ3v) is 3.67. The van der Waals surface area contributed by atoms with Crippen molar-refractivity contribution in [2.24, 2.45) is 5.73 Å². The Hall–Kier alpha value is -0.800. The molecule has 0 atom stereocenters. The summed E-state index contributed by atoms with van der Waals surface area (Å²) in [5, 5.41) is 0. The fourth-order valence-corrected chi connectivity index (χ4v) is 2.29. The number of hydrogen-bond acceptors (Lipinski definition) is 2. The lowest BCUT2D eigenvalue weighted by atomic mass is 10.0. The largest absolute Gasteiger partial charge is 0.373 e. The summed E-state index contributed by atoms with van der Waals surface area (Å²) < 4.78 is 7.80. The molecular formula is C12H18N2O. The van der Waals surface area contributed by atoms with Crippen molar-refractivity contribution in [3.05, 3.63) is 23.5 Å². The van der Waals surface area contributed by atoms with Crippen LogP contribution in [0.4, 0.5) is 0 Å². The summed E-state index contributed by atoms with van der Waals surface area (Å²) >= 11 is 0. The van der Waals surface area contributed by atoms with Crippen LogP contribution < -0.4 is 5.73 Å². The molecule has 2 N–H and O–H groups in total. The molecular weight excluding hydrogens is 188 g/mol. The van der Waals surface area contributed by atoms with Crippen LogP contribution >= 0.6 is 0 Å². The van der Waals surface area contributed by atoms with Gasteiger partial charge in [0.25, 0.3) is 0 Å². The molecule has 1 saturated carbocycles. The molecule has 0 aromatic carbocycles. The second-order valence-corrected chi connectivity index (χ2v) is 4.90. The average molecular weight is 206 g/mol. The van der Waals surface area contributed by atoms with Gasteiger partial charge >= 0.3 is 0 Å². The number of aromatic nitrogens is 1. The van der Waals surface area contributed by atoms with E-state index in [0.29, 0.717) is 0 Å². The maximum absolute atomic E-state index is 6.10. The summed E-state index contributed by atoms with van der Waals surface area (Å²) in [6, 6.07) is 2.23. The van der Waals surface area contributed by atoms with Crippen molar-refractivity contribution in [2.45, 2.75) is 44.4 Å². The zero-order valence-electron chi connectivity index (χ0n) is 9.04. The lowest BCUT2D eigenvalue weighted by Gasteiger charge is -2.17. The van der Waals surface area contributed by atoms with Crippen molar-refractivity contribution in [1.82, 2.24) is 4.57 Å². The minimum atomic E-state index is 0.171. The lowest BCUT2D eigenvalue weighted by Crippen LogP contribution is -2.22. The van der Waals surface area contributed by atoms with Crippen LogP contribution in [-0.2, 0) is 24.3 Å². The second-order valence-electron chi connectivity index (χ2n) is 4.90. The molecule has 0 bridgehead atoms. The van der Waals surface area contributed by atoms with Crippen molar-refractivity contribution in [2.75, 3.05) is 6.61 Å². The molecule has 3 nitrogen and oxygen atoms in total. The van der Waals surface area contributed by atoms with E-state index < -0.39 is 0 Å². The molecule has 3 heteroatoms. The highest BCUT2D eigenvalue weighted by atomic mass is 16.5. The minimum absolute atomic E-state index is 0.171. The van der Waals surface area contributed by atoms with Crippen LogP contribution in [0.3, 0.4) is 0 Å². The first-order chi connectivity index (χ1) is 7.27. The van der Waals surface area contributed by atoms with E-state index in [0.717, 1.165) is 32.6 Å². The van der Waals surface area contributed by atoms with Crippen molar-refractivity contribution in [3.63, 3.8) is 0 Å². The predicted molar refractivity (Wildman–Crippen MR) is 58.6 cm³/mol. The molecule has 0 radical (unpaired) electrons. The molecule has 1 aliphatic heterocycles. The number of nitrogens with zero attached hydrogens (tertiary/aromatic N) is 1. The summed E-state index contributed by atoms with van der Waals surface area (Å²) in [7, 11) is 0. The second kappa shape index (κ2) is 3.35. The summed E-state index contributed by atoms with van der Waals surface area (Å²) in [6.07, 6.45) is 6.84. The van der Waals surface area contributed by atoms with E-state index in [4.69, 9.17) is 10.5 Å². The average Bonchev–Trinajstić information content (AvgIpc) is 2.86. The van der Waals surface area contributed by atoms with Gasteiger partial charge in [0, 0.05) is 24.0 Å². The normalized spacial score (nSPS) is 22.5.